The minimum Gasteiger partial charge on any atom is -0.369 e. The van der Waals surface area contributed by atoms with Crippen molar-refractivity contribution in [3.05, 3.63) is 64.7 Å². The van der Waals surface area contributed by atoms with E-state index in [0.717, 1.165) is 31.7 Å². The first-order chi connectivity index (χ1) is 12.5. The number of benzene rings is 2. The molecule has 1 N–H and O–H groups in total. The Morgan fingerprint density at radius 2 is 1.65 bits per heavy atom. The lowest BCUT2D eigenvalue weighted by molar-refractivity contribution is -0.122. The molecule has 1 fully saturated rings. The maximum Gasteiger partial charge on any atom is 0.234 e. The Balaban J connectivity index is 1.45. The molecular weight excluding hydrogens is 322 g/mol. The number of carbonyl (C=O) groups excluding carboxylic acids is 1. The van der Waals surface area contributed by atoms with Gasteiger partial charge in [-0.3, -0.25) is 9.69 Å². The molecule has 0 spiro atoms. The van der Waals surface area contributed by atoms with Crippen molar-refractivity contribution >= 4 is 11.6 Å². The molecule has 4 heteroatoms. The highest BCUT2D eigenvalue weighted by molar-refractivity contribution is 5.78. The molecule has 2 aromatic carbocycles. The molecule has 0 bridgehead atoms. The zero-order valence-corrected chi connectivity index (χ0v) is 16.1. The smallest absolute Gasteiger partial charge is 0.234 e. The van der Waals surface area contributed by atoms with Crippen molar-refractivity contribution in [2.75, 3.05) is 37.6 Å². The van der Waals surface area contributed by atoms with E-state index < -0.39 is 0 Å². The highest BCUT2D eigenvalue weighted by Gasteiger charge is 2.20. The van der Waals surface area contributed by atoms with Crippen molar-refractivity contribution < 1.29 is 4.79 Å². The molecular formula is C22H29N3O. The topological polar surface area (TPSA) is 35.6 Å². The Morgan fingerprint density at radius 3 is 2.35 bits per heavy atom. The van der Waals surface area contributed by atoms with Crippen LogP contribution in [0.3, 0.4) is 0 Å². The molecule has 1 aliphatic heterocycles. The van der Waals surface area contributed by atoms with Crippen LogP contribution < -0.4 is 10.2 Å². The first-order valence-electron chi connectivity index (χ1n) is 9.38. The number of nitrogens with zero attached hydrogens (tertiary/aromatic N) is 2. The van der Waals surface area contributed by atoms with E-state index in [0.29, 0.717) is 13.1 Å². The number of hydrogen-bond acceptors (Lipinski definition) is 3. The number of carbonyl (C=O) groups is 1. The van der Waals surface area contributed by atoms with Crippen LogP contribution in [0.15, 0.2) is 42.5 Å². The maximum absolute atomic E-state index is 12.2. The molecule has 3 rings (SSSR count). The first-order valence-corrected chi connectivity index (χ1v) is 9.38. The van der Waals surface area contributed by atoms with Crippen LogP contribution in [0.25, 0.3) is 0 Å². The monoisotopic (exact) mass is 351 g/mol. The summed E-state index contributed by atoms with van der Waals surface area (Å²) in [5.41, 5.74) is 6.40. The van der Waals surface area contributed by atoms with Crippen LogP contribution in [0.1, 0.15) is 22.3 Å². The Morgan fingerprint density at radius 1 is 0.962 bits per heavy atom. The Labute approximate surface area is 156 Å². The third-order valence-electron chi connectivity index (χ3n) is 5.27. The van der Waals surface area contributed by atoms with Gasteiger partial charge in [0.05, 0.1) is 6.54 Å². The van der Waals surface area contributed by atoms with E-state index in [-0.39, 0.29) is 5.91 Å². The second kappa shape index (κ2) is 8.37. The normalized spacial score (nSPS) is 15.1. The molecule has 138 valence electrons. The van der Waals surface area contributed by atoms with Gasteiger partial charge in [-0.1, -0.05) is 42.0 Å². The van der Waals surface area contributed by atoms with Gasteiger partial charge in [0.25, 0.3) is 0 Å². The van der Waals surface area contributed by atoms with Crippen LogP contribution >= 0.6 is 0 Å². The Hall–Kier alpha value is -2.33. The van der Waals surface area contributed by atoms with Gasteiger partial charge in [-0.15, -0.1) is 0 Å². The van der Waals surface area contributed by atoms with E-state index in [1.165, 1.54) is 22.4 Å². The summed E-state index contributed by atoms with van der Waals surface area (Å²) in [6.45, 7) is 11.3. The van der Waals surface area contributed by atoms with Gasteiger partial charge < -0.3 is 10.2 Å². The fraction of sp³-hybridized carbons (Fsp3) is 0.409. The van der Waals surface area contributed by atoms with Gasteiger partial charge >= 0.3 is 0 Å². The average molecular weight is 351 g/mol. The summed E-state index contributed by atoms with van der Waals surface area (Å²) in [6, 6.07) is 14.8. The molecule has 0 saturated carbocycles. The number of hydrogen-bond donors (Lipinski definition) is 1. The van der Waals surface area contributed by atoms with Crippen molar-refractivity contribution in [2.24, 2.45) is 0 Å². The summed E-state index contributed by atoms with van der Waals surface area (Å²) >= 11 is 0. The van der Waals surface area contributed by atoms with E-state index >= 15 is 0 Å². The molecule has 1 saturated heterocycles. The van der Waals surface area contributed by atoms with Crippen LogP contribution in [-0.4, -0.2) is 43.5 Å². The van der Waals surface area contributed by atoms with Crippen LogP contribution in [0.4, 0.5) is 5.69 Å². The molecule has 0 radical (unpaired) electrons. The minimum atomic E-state index is 0.103. The molecule has 4 nitrogen and oxygen atoms in total. The van der Waals surface area contributed by atoms with Crippen molar-refractivity contribution in [3.63, 3.8) is 0 Å². The van der Waals surface area contributed by atoms with E-state index in [9.17, 15) is 4.79 Å². The zero-order chi connectivity index (χ0) is 18.5. The second-order valence-electron chi connectivity index (χ2n) is 7.24. The van der Waals surface area contributed by atoms with E-state index in [1.807, 2.05) is 0 Å². The van der Waals surface area contributed by atoms with E-state index in [1.54, 1.807) is 0 Å². The largest absolute Gasteiger partial charge is 0.369 e. The van der Waals surface area contributed by atoms with Gasteiger partial charge in [-0.2, -0.15) is 0 Å². The number of aryl methyl sites for hydroxylation is 2. The van der Waals surface area contributed by atoms with Gasteiger partial charge in [0.15, 0.2) is 0 Å². The summed E-state index contributed by atoms with van der Waals surface area (Å²) in [7, 11) is 0. The van der Waals surface area contributed by atoms with Gasteiger partial charge in [-0.05, 0) is 43.5 Å². The average Bonchev–Trinajstić information content (AvgIpc) is 2.64. The van der Waals surface area contributed by atoms with Crippen LogP contribution in [0.5, 0.6) is 0 Å². The molecule has 0 aromatic heterocycles. The SMILES string of the molecule is Cc1ccc(CNC(=O)CN2CCN(c3cccc(C)c3C)CC2)cc1. The zero-order valence-electron chi connectivity index (χ0n) is 16.1. The number of anilines is 1. The summed E-state index contributed by atoms with van der Waals surface area (Å²) in [6.07, 6.45) is 0. The van der Waals surface area contributed by atoms with Gasteiger partial charge in [0.2, 0.25) is 5.91 Å². The molecule has 2 aromatic rings. The lowest BCUT2D eigenvalue weighted by Gasteiger charge is -2.36. The predicted octanol–water partition coefficient (Wildman–Crippen LogP) is 3.05. The highest BCUT2D eigenvalue weighted by Crippen LogP contribution is 2.23. The second-order valence-corrected chi connectivity index (χ2v) is 7.24. The number of piperazine rings is 1. The number of amides is 1. The van der Waals surface area contributed by atoms with Crippen molar-refractivity contribution in [3.8, 4) is 0 Å². The molecule has 1 heterocycles. The van der Waals surface area contributed by atoms with E-state index in [4.69, 9.17) is 0 Å². The summed E-state index contributed by atoms with van der Waals surface area (Å²) < 4.78 is 0. The lowest BCUT2D eigenvalue weighted by Crippen LogP contribution is -2.49. The van der Waals surface area contributed by atoms with Gasteiger partial charge in [0.1, 0.15) is 0 Å². The Bertz CT molecular complexity index is 746. The van der Waals surface area contributed by atoms with Crippen LogP contribution in [-0.2, 0) is 11.3 Å². The summed E-state index contributed by atoms with van der Waals surface area (Å²) in [4.78, 5) is 16.9. The first kappa shape index (κ1) is 18.5. The molecule has 0 unspecified atom stereocenters. The molecule has 26 heavy (non-hydrogen) atoms. The fourth-order valence-corrected chi connectivity index (χ4v) is 3.39. The third kappa shape index (κ3) is 4.64. The molecule has 1 amide bonds. The fourth-order valence-electron chi connectivity index (χ4n) is 3.39. The highest BCUT2D eigenvalue weighted by atomic mass is 16.2. The van der Waals surface area contributed by atoms with E-state index in [2.05, 4.69) is 78.4 Å². The van der Waals surface area contributed by atoms with Crippen molar-refractivity contribution in [1.82, 2.24) is 10.2 Å². The molecule has 0 aliphatic carbocycles. The lowest BCUT2D eigenvalue weighted by atomic mass is 10.1. The molecule has 1 aliphatic rings. The van der Waals surface area contributed by atoms with Gasteiger partial charge in [-0.25, -0.2) is 0 Å². The maximum atomic E-state index is 12.2. The standard InChI is InChI=1S/C22H29N3O/c1-17-7-9-20(10-8-17)15-23-22(26)16-24-11-13-25(14-12-24)21-6-4-5-18(2)19(21)3/h4-10H,11-16H2,1-3H3,(H,23,26). The molecule has 0 atom stereocenters. The summed E-state index contributed by atoms with van der Waals surface area (Å²) in [5.74, 6) is 0.103. The summed E-state index contributed by atoms with van der Waals surface area (Å²) in [5, 5.41) is 3.03. The number of rotatable bonds is 5. The number of nitrogens with one attached hydrogen (secondary N) is 1. The van der Waals surface area contributed by atoms with Crippen molar-refractivity contribution in [1.29, 1.82) is 0 Å². The third-order valence-corrected chi connectivity index (χ3v) is 5.27. The quantitative estimate of drug-likeness (QED) is 0.899. The predicted molar refractivity (Wildman–Crippen MR) is 108 cm³/mol. The minimum absolute atomic E-state index is 0.103. The van der Waals surface area contributed by atoms with Crippen LogP contribution in [0.2, 0.25) is 0 Å². The van der Waals surface area contributed by atoms with Crippen LogP contribution in [0, 0.1) is 20.8 Å². The Kier molecular flexibility index (Phi) is 5.94. The van der Waals surface area contributed by atoms with Crippen molar-refractivity contribution in [2.45, 2.75) is 27.3 Å². The van der Waals surface area contributed by atoms with Gasteiger partial charge in [0, 0.05) is 38.4 Å².